The summed E-state index contributed by atoms with van der Waals surface area (Å²) >= 11 is 3.28. The number of benzene rings is 1. The van der Waals surface area contributed by atoms with Crippen LogP contribution >= 0.6 is 15.9 Å². The molecule has 1 atom stereocenters. The highest BCUT2D eigenvalue weighted by Gasteiger charge is 2.28. The van der Waals surface area contributed by atoms with E-state index in [0.29, 0.717) is 13.1 Å². The zero-order valence-electron chi connectivity index (χ0n) is 10.2. The molecule has 0 radical (unpaired) electrons. The Labute approximate surface area is 114 Å². The summed E-state index contributed by atoms with van der Waals surface area (Å²) in [5.41, 5.74) is 0.910. The summed E-state index contributed by atoms with van der Waals surface area (Å²) in [6.45, 7) is 2.18. The van der Waals surface area contributed by atoms with E-state index in [4.69, 9.17) is 4.74 Å². The van der Waals surface area contributed by atoms with E-state index in [1.807, 2.05) is 6.07 Å². The van der Waals surface area contributed by atoms with E-state index in [1.54, 1.807) is 0 Å². The predicted octanol–water partition coefficient (Wildman–Crippen LogP) is 2.58. The number of nitrogens with zero attached hydrogens (tertiary/aromatic N) is 1. The lowest BCUT2D eigenvalue weighted by atomic mass is 10.1. The fraction of sp³-hybridized carbons (Fsp3) is 0.462. The van der Waals surface area contributed by atoms with Crippen LogP contribution in [0.5, 0.6) is 0 Å². The number of halogens is 2. The first kappa shape index (κ1) is 13.5. The molecule has 0 bridgehead atoms. The van der Waals surface area contributed by atoms with Gasteiger partial charge in [-0.25, -0.2) is 4.39 Å². The predicted molar refractivity (Wildman–Crippen MR) is 69.5 cm³/mol. The summed E-state index contributed by atoms with van der Waals surface area (Å²) in [7, 11) is 1.41. The van der Waals surface area contributed by atoms with Crippen molar-refractivity contribution in [3.05, 3.63) is 34.1 Å². The van der Waals surface area contributed by atoms with Crippen LogP contribution in [0.4, 0.5) is 4.39 Å². The lowest BCUT2D eigenvalue weighted by molar-refractivity contribution is -0.144. The average molecular weight is 316 g/mol. The van der Waals surface area contributed by atoms with Crippen molar-refractivity contribution < 1.29 is 13.9 Å². The van der Waals surface area contributed by atoms with Crippen LogP contribution in [0.3, 0.4) is 0 Å². The number of carbonyl (C=O) groups excluding carboxylic acids is 1. The summed E-state index contributed by atoms with van der Waals surface area (Å²) in [4.78, 5) is 13.5. The normalized spacial score (nSPS) is 20.1. The van der Waals surface area contributed by atoms with Crippen LogP contribution in [0.15, 0.2) is 22.7 Å². The third-order valence-electron chi connectivity index (χ3n) is 3.14. The van der Waals surface area contributed by atoms with Gasteiger partial charge in [-0.1, -0.05) is 15.9 Å². The average Bonchev–Trinajstić information content (AvgIpc) is 2.75. The standard InChI is InChI=1S/C13H15BrFNO2/c1-18-13(17)10-2-3-16(8-10)7-9-4-11(14)6-12(15)5-9/h4-6,10H,2-3,7-8H2,1H3. The second-order valence-corrected chi connectivity index (χ2v) is 5.44. The molecule has 1 aromatic carbocycles. The molecule has 0 saturated carbocycles. The van der Waals surface area contributed by atoms with Gasteiger partial charge in [0.2, 0.25) is 0 Å². The molecule has 0 N–H and O–H groups in total. The Bertz CT molecular complexity index is 432. The molecule has 1 fully saturated rings. The van der Waals surface area contributed by atoms with Crippen LogP contribution in [-0.4, -0.2) is 31.1 Å². The molecule has 0 aromatic heterocycles. The first-order chi connectivity index (χ1) is 8.58. The Morgan fingerprint density at radius 3 is 3.00 bits per heavy atom. The van der Waals surface area contributed by atoms with E-state index in [-0.39, 0.29) is 17.7 Å². The summed E-state index contributed by atoms with van der Waals surface area (Å²) in [6.07, 6.45) is 0.809. The van der Waals surface area contributed by atoms with Crippen molar-refractivity contribution in [3.63, 3.8) is 0 Å². The first-order valence-electron chi connectivity index (χ1n) is 5.83. The number of esters is 1. The topological polar surface area (TPSA) is 29.5 Å². The third kappa shape index (κ3) is 3.29. The van der Waals surface area contributed by atoms with Gasteiger partial charge in [-0.15, -0.1) is 0 Å². The molecule has 1 aromatic rings. The number of rotatable bonds is 3. The SMILES string of the molecule is COC(=O)C1CCN(Cc2cc(F)cc(Br)c2)C1. The Morgan fingerprint density at radius 2 is 2.33 bits per heavy atom. The largest absolute Gasteiger partial charge is 0.469 e. The molecule has 1 heterocycles. The van der Waals surface area contributed by atoms with Crippen LogP contribution in [0, 0.1) is 11.7 Å². The number of methoxy groups -OCH3 is 1. The van der Waals surface area contributed by atoms with Crippen LogP contribution in [0.1, 0.15) is 12.0 Å². The van der Waals surface area contributed by atoms with E-state index >= 15 is 0 Å². The van der Waals surface area contributed by atoms with Gasteiger partial charge in [0, 0.05) is 17.6 Å². The van der Waals surface area contributed by atoms with Crippen molar-refractivity contribution in [1.29, 1.82) is 0 Å². The van der Waals surface area contributed by atoms with E-state index < -0.39 is 0 Å². The van der Waals surface area contributed by atoms with E-state index in [1.165, 1.54) is 19.2 Å². The first-order valence-corrected chi connectivity index (χ1v) is 6.63. The molecule has 18 heavy (non-hydrogen) atoms. The molecule has 1 aliphatic rings. The second kappa shape index (κ2) is 5.80. The minimum Gasteiger partial charge on any atom is -0.469 e. The fourth-order valence-corrected chi connectivity index (χ4v) is 2.81. The van der Waals surface area contributed by atoms with Gasteiger partial charge in [-0.3, -0.25) is 9.69 Å². The molecule has 0 aliphatic carbocycles. The Hall–Kier alpha value is -0.940. The van der Waals surface area contributed by atoms with E-state index in [0.717, 1.165) is 23.0 Å². The number of likely N-dealkylation sites (tertiary alicyclic amines) is 1. The molecular weight excluding hydrogens is 301 g/mol. The fourth-order valence-electron chi connectivity index (χ4n) is 2.30. The van der Waals surface area contributed by atoms with Crippen LogP contribution in [0.25, 0.3) is 0 Å². The van der Waals surface area contributed by atoms with Crippen molar-refractivity contribution in [1.82, 2.24) is 4.90 Å². The Kier molecular flexibility index (Phi) is 4.35. The van der Waals surface area contributed by atoms with Crippen LogP contribution in [0.2, 0.25) is 0 Å². The molecule has 3 nitrogen and oxygen atoms in total. The van der Waals surface area contributed by atoms with E-state index in [9.17, 15) is 9.18 Å². The minimum atomic E-state index is -0.247. The summed E-state index contributed by atoms with van der Waals surface area (Å²) < 4.78 is 18.7. The van der Waals surface area contributed by atoms with Gasteiger partial charge >= 0.3 is 5.97 Å². The molecule has 5 heteroatoms. The van der Waals surface area contributed by atoms with Crippen molar-refractivity contribution in [2.75, 3.05) is 20.2 Å². The summed E-state index contributed by atoms with van der Waals surface area (Å²) in [6, 6.07) is 4.86. The smallest absolute Gasteiger partial charge is 0.310 e. The Morgan fingerprint density at radius 1 is 1.56 bits per heavy atom. The maximum absolute atomic E-state index is 13.2. The van der Waals surface area contributed by atoms with Crippen molar-refractivity contribution in [3.8, 4) is 0 Å². The third-order valence-corrected chi connectivity index (χ3v) is 3.59. The van der Waals surface area contributed by atoms with Crippen LogP contribution in [-0.2, 0) is 16.1 Å². The van der Waals surface area contributed by atoms with Gasteiger partial charge in [0.05, 0.1) is 13.0 Å². The van der Waals surface area contributed by atoms with Gasteiger partial charge in [0.1, 0.15) is 5.82 Å². The van der Waals surface area contributed by atoms with Crippen molar-refractivity contribution >= 4 is 21.9 Å². The number of ether oxygens (including phenoxy) is 1. The molecule has 98 valence electrons. The quantitative estimate of drug-likeness (QED) is 0.803. The lowest BCUT2D eigenvalue weighted by Crippen LogP contribution is -2.23. The molecule has 1 unspecified atom stereocenters. The number of hydrogen-bond donors (Lipinski definition) is 0. The highest BCUT2D eigenvalue weighted by Crippen LogP contribution is 2.21. The molecule has 1 saturated heterocycles. The molecule has 0 amide bonds. The van der Waals surface area contributed by atoms with Gasteiger partial charge in [-0.05, 0) is 36.7 Å². The molecule has 0 spiro atoms. The molecular formula is C13H15BrFNO2. The minimum absolute atomic E-state index is 0.0491. The Balaban J connectivity index is 1.97. The van der Waals surface area contributed by atoms with Crippen molar-refractivity contribution in [2.24, 2.45) is 5.92 Å². The monoisotopic (exact) mass is 315 g/mol. The van der Waals surface area contributed by atoms with Gasteiger partial charge in [-0.2, -0.15) is 0 Å². The van der Waals surface area contributed by atoms with Crippen molar-refractivity contribution in [2.45, 2.75) is 13.0 Å². The summed E-state index contributed by atoms with van der Waals surface area (Å²) in [5.74, 6) is -0.451. The van der Waals surface area contributed by atoms with Gasteiger partial charge < -0.3 is 4.74 Å². The zero-order valence-corrected chi connectivity index (χ0v) is 11.7. The number of hydrogen-bond acceptors (Lipinski definition) is 3. The second-order valence-electron chi connectivity index (χ2n) is 4.52. The van der Waals surface area contributed by atoms with Crippen LogP contribution < -0.4 is 0 Å². The molecule has 1 aliphatic heterocycles. The molecule has 2 rings (SSSR count). The summed E-state index contributed by atoms with van der Waals surface area (Å²) in [5, 5.41) is 0. The highest BCUT2D eigenvalue weighted by molar-refractivity contribution is 9.10. The maximum atomic E-state index is 13.2. The van der Waals surface area contributed by atoms with Gasteiger partial charge in [0.25, 0.3) is 0 Å². The highest BCUT2D eigenvalue weighted by atomic mass is 79.9. The maximum Gasteiger partial charge on any atom is 0.310 e. The lowest BCUT2D eigenvalue weighted by Gasteiger charge is -2.15. The number of carbonyl (C=O) groups is 1. The zero-order chi connectivity index (χ0) is 13.1. The van der Waals surface area contributed by atoms with Gasteiger partial charge in [0.15, 0.2) is 0 Å². The van der Waals surface area contributed by atoms with E-state index in [2.05, 4.69) is 20.8 Å².